The van der Waals surface area contributed by atoms with E-state index in [0.29, 0.717) is 15.7 Å². The van der Waals surface area contributed by atoms with E-state index in [0.717, 1.165) is 0 Å². The third kappa shape index (κ3) is 3.68. The molecule has 9 heteroatoms. The number of nitrogens with zero attached hydrogens (tertiary/aromatic N) is 1. The Kier molecular flexibility index (Phi) is 5.77. The van der Waals surface area contributed by atoms with Crippen LogP contribution in [0.2, 0.25) is 20.4 Å². The number of anilines is 1. The summed E-state index contributed by atoms with van der Waals surface area (Å²) in [6, 6.07) is 4.87. The van der Waals surface area contributed by atoms with Crippen LogP contribution in [0, 0.1) is 0 Å². The van der Waals surface area contributed by atoms with Crippen molar-refractivity contribution in [2.24, 2.45) is 0 Å². The summed E-state index contributed by atoms with van der Waals surface area (Å²) in [5.74, 6) is -0.570. The van der Waals surface area contributed by atoms with E-state index in [-0.39, 0.29) is 28.5 Å². The van der Waals surface area contributed by atoms with Crippen LogP contribution in [-0.2, 0) is 0 Å². The topological polar surface area (TPSA) is 57.8 Å². The summed E-state index contributed by atoms with van der Waals surface area (Å²) in [5.41, 5.74) is 0.300. The summed E-state index contributed by atoms with van der Waals surface area (Å²) in [4.78, 5) is 18.1. The molecular weight excluding hydrogens is 355 g/mol. The maximum atomic E-state index is 11.8. The number of hydrogen-bond donors (Lipinski definition) is 2. The molecule has 0 radical (unpaired) electrons. The summed E-state index contributed by atoms with van der Waals surface area (Å²) in [6.45, 7) is 0. The van der Waals surface area contributed by atoms with Crippen molar-refractivity contribution in [3.05, 3.63) is 44.4 Å². The predicted molar refractivity (Wildman–Crippen MR) is 80.3 cm³/mol. The predicted octanol–water partition coefficient (Wildman–Crippen LogP) is 4.70. The normalized spacial score (nSPS) is 9.89. The zero-order valence-corrected chi connectivity index (χ0v) is 12.8. The van der Waals surface area contributed by atoms with Crippen LogP contribution in [0.25, 0.3) is 0 Å². The monoisotopic (exact) mass is 359 g/mol. The number of carbonyl (C=O) groups excluding carboxylic acids is 1. The second kappa shape index (κ2) is 6.68. The van der Waals surface area contributed by atoms with Gasteiger partial charge in [-0.15, -0.1) is 12.4 Å². The molecule has 2 rings (SSSR count). The highest BCUT2D eigenvalue weighted by atomic mass is 35.5. The highest BCUT2D eigenvalue weighted by Gasteiger charge is 2.16. The lowest BCUT2D eigenvalue weighted by Gasteiger charge is -2.07. The molecule has 2 N–H and O–H groups in total. The van der Waals surface area contributed by atoms with Crippen LogP contribution in [0.1, 0.15) is 10.6 Å². The SMILES string of the molecule is Cl.O=C(Nc1c(Cl)cccc1Cl)c1nc(Cl)c(Cl)[nH]1. The van der Waals surface area contributed by atoms with Crippen LogP contribution in [0.3, 0.4) is 0 Å². The van der Waals surface area contributed by atoms with Crippen LogP contribution in [0.5, 0.6) is 0 Å². The van der Waals surface area contributed by atoms with E-state index < -0.39 is 5.91 Å². The van der Waals surface area contributed by atoms with E-state index in [2.05, 4.69) is 15.3 Å². The van der Waals surface area contributed by atoms with Gasteiger partial charge in [0.25, 0.3) is 5.91 Å². The number of carbonyl (C=O) groups is 1. The maximum absolute atomic E-state index is 11.8. The number of benzene rings is 1. The Hall–Kier alpha value is -0.650. The summed E-state index contributed by atoms with van der Waals surface area (Å²) in [5, 5.41) is 3.27. The molecule has 0 fully saturated rings. The molecule has 0 aliphatic heterocycles. The van der Waals surface area contributed by atoms with Gasteiger partial charge in [-0.3, -0.25) is 4.79 Å². The molecule has 0 saturated heterocycles. The van der Waals surface area contributed by atoms with Crippen molar-refractivity contribution < 1.29 is 4.79 Å². The highest BCUT2D eigenvalue weighted by Crippen LogP contribution is 2.30. The largest absolute Gasteiger partial charge is 0.324 e. The van der Waals surface area contributed by atoms with Gasteiger partial charge in [0.2, 0.25) is 0 Å². The van der Waals surface area contributed by atoms with Crippen molar-refractivity contribution >= 4 is 70.4 Å². The number of rotatable bonds is 2. The number of para-hydroxylation sites is 1. The number of amides is 1. The molecule has 0 atom stereocenters. The maximum Gasteiger partial charge on any atom is 0.291 e. The van der Waals surface area contributed by atoms with Crippen molar-refractivity contribution in [1.29, 1.82) is 0 Å². The van der Waals surface area contributed by atoms with Crippen molar-refractivity contribution in [1.82, 2.24) is 9.97 Å². The molecule has 0 aliphatic rings. The van der Waals surface area contributed by atoms with E-state index in [1.165, 1.54) is 0 Å². The molecule has 0 spiro atoms. The van der Waals surface area contributed by atoms with Crippen LogP contribution in [0.4, 0.5) is 5.69 Å². The van der Waals surface area contributed by atoms with E-state index >= 15 is 0 Å². The van der Waals surface area contributed by atoms with Gasteiger partial charge in [0.1, 0.15) is 5.15 Å². The third-order valence-electron chi connectivity index (χ3n) is 2.04. The summed E-state index contributed by atoms with van der Waals surface area (Å²) < 4.78 is 0. The minimum absolute atomic E-state index is 0. The smallest absolute Gasteiger partial charge is 0.291 e. The highest BCUT2D eigenvalue weighted by molar-refractivity contribution is 6.41. The Morgan fingerprint density at radius 3 is 2.21 bits per heavy atom. The minimum Gasteiger partial charge on any atom is -0.324 e. The first kappa shape index (κ1) is 16.4. The molecule has 1 amide bonds. The molecule has 1 aromatic carbocycles. The first-order valence-electron chi connectivity index (χ1n) is 4.65. The Bertz CT molecular complexity index is 573. The lowest BCUT2D eigenvalue weighted by atomic mass is 10.3. The molecule has 4 nitrogen and oxygen atoms in total. The van der Waals surface area contributed by atoms with E-state index in [4.69, 9.17) is 46.4 Å². The molecule has 0 bridgehead atoms. The van der Waals surface area contributed by atoms with Crippen LogP contribution < -0.4 is 5.32 Å². The number of halogens is 5. The number of imidazole rings is 1. The molecule has 19 heavy (non-hydrogen) atoms. The van der Waals surface area contributed by atoms with Gasteiger partial charge in [0, 0.05) is 0 Å². The average molecular weight is 361 g/mol. The van der Waals surface area contributed by atoms with Crippen molar-refractivity contribution in [3.63, 3.8) is 0 Å². The molecule has 0 saturated carbocycles. The van der Waals surface area contributed by atoms with Gasteiger partial charge in [0.05, 0.1) is 15.7 Å². The molecule has 1 aromatic heterocycles. The van der Waals surface area contributed by atoms with Crippen molar-refractivity contribution in [2.75, 3.05) is 5.32 Å². The zero-order valence-electron chi connectivity index (χ0n) is 9.01. The van der Waals surface area contributed by atoms with Gasteiger partial charge in [-0.05, 0) is 12.1 Å². The fraction of sp³-hybridized carbons (Fsp3) is 0. The zero-order chi connectivity index (χ0) is 13.3. The van der Waals surface area contributed by atoms with Crippen LogP contribution >= 0.6 is 58.8 Å². The van der Waals surface area contributed by atoms with Crippen LogP contribution in [0.15, 0.2) is 18.2 Å². The Balaban J connectivity index is 0.00000180. The molecule has 0 aliphatic carbocycles. The summed E-state index contributed by atoms with van der Waals surface area (Å²) in [6.07, 6.45) is 0. The Morgan fingerprint density at radius 2 is 1.74 bits per heavy atom. The fourth-order valence-corrected chi connectivity index (χ4v) is 1.98. The second-order valence-electron chi connectivity index (χ2n) is 3.24. The Labute approximate surface area is 134 Å². The summed E-state index contributed by atoms with van der Waals surface area (Å²) in [7, 11) is 0. The molecule has 102 valence electrons. The van der Waals surface area contributed by atoms with Gasteiger partial charge in [0.15, 0.2) is 11.0 Å². The first-order valence-corrected chi connectivity index (χ1v) is 6.16. The van der Waals surface area contributed by atoms with Crippen molar-refractivity contribution in [3.8, 4) is 0 Å². The number of nitrogens with one attached hydrogen (secondary N) is 2. The van der Waals surface area contributed by atoms with Gasteiger partial charge >= 0.3 is 0 Å². The molecule has 2 aromatic rings. The number of hydrogen-bond acceptors (Lipinski definition) is 2. The van der Waals surface area contributed by atoms with Crippen LogP contribution in [-0.4, -0.2) is 15.9 Å². The number of aromatic nitrogens is 2. The lowest BCUT2D eigenvalue weighted by Crippen LogP contribution is -2.14. The van der Waals surface area contributed by atoms with Gasteiger partial charge < -0.3 is 10.3 Å². The second-order valence-corrected chi connectivity index (χ2v) is 4.79. The first-order chi connectivity index (χ1) is 8.49. The lowest BCUT2D eigenvalue weighted by molar-refractivity contribution is 0.101. The minimum atomic E-state index is -0.543. The molecular formula is C10H6Cl5N3O. The number of H-pyrrole nitrogens is 1. The third-order valence-corrected chi connectivity index (χ3v) is 3.31. The van der Waals surface area contributed by atoms with E-state index in [1.807, 2.05) is 0 Å². The molecule has 1 heterocycles. The fourth-order valence-electron chi connectivity index (χ4n) is 1.23. The van der Waals surface area contributed by atoms with Crippen molar-refractivity contribution in [2.45, 2.75) is 0 Å². The van der Waals surface area contributed by atoms with Gasteiger partial charge in [-0.25, -0.2) is 4.98 Å². The van der Waals surface area contributed by atoms with E-state index in [9.17, 15) is 4.79 Å². The standard InChI is InChI=1S/C10H5Cl4N3O.ClH/c11-4-2-1-3-5(12)6(4)15-10(18)9-16-7(13)8(14)17-9;/h1-3H,(H,15,18)(H,16,17);1H. The quantitative estimate of drug-likeness (QED) is 0.815. The van der Waals surface area contributed by atoms with E-state index in [1.54, 1.807) is 18.2 Å². The number of aromatic amines is 1. The molecule has 0 unspecified atom stereocenters. The average Bonchev–Trinajstić information content (AvgIpc) is 2.64. The van der Waals surface area contributed by atoms with Gasteiger partial charge in [-0.1, -0.05) is 52.5 Å². The van der Waals surface area contributed by atoms with Gasteiger partial charge in [-0.2, -0.15) is 0 Å². The Morgan fingerprint density at radius 1 is 1.16 bits per heavy atom. The summed E-state index contributed by atoms with van der Waals surface area (Å²) >= 11 is 23.1.